The van der Waals surface area contributed by atoms with Gasteiger partial charge < -0.3 is 4.74 Å². The molecule has 0 fully saturated rings. The van der Waals surface area contributed by atoms with Crippen molar-refractivity contribution in [2.75, 3.05) is 6.61 Å². The van der Waals surface area contributed by atoms with Crippen LogP contribution in [0.3, 0.4) is 0 Å². The lowest BCUT2D eigenvalue weighted by molar-refractivity contribution is 0.317. The second-order valence-corrected chi connectivity index (χ2v) is 4.13. The van der Waals surface area contributed by atoms with Gasteiger partial charge in [-0.2, -0.15) is 0 Å². The summed E-state index contributed by atoms with van der Waals surface area (Å²) in [5.41, 5.74) is 0. The van der Waals surface area contributed by atoms with E-state index in [4.69, 9.17) is 4.74 Å². The molecule has 0 radical (unpaired) electrons. The van der Waals surface area contributed by atoms with Crippen molar-refractivity contribution < 1.29 is 4.74 Å². The maximum Gasteiger partial charge on any atom is 0.120 e. The highest BCUT2D eigenvalue weighted by Gasteiger charge is 1.98. The van der Waals surface area contributed by atoms with E-state index in [1.54, 1.807) is 0 Å². The first-order valence-electron chi connectivity index (χ1n) is 3.82. The molecule has 0 saturated heterocycles. The molecular formula is C9H10Br2O. The Morgan fingerprint density at radius 3 is 2.58 bits per heavy atom. The van der Waals surface area contributed by atoms with Gasteiger partial charge in [0.15, 0.2) is 0 Å². The maximum absolute atomic E-state index is 5.44. The molecule has 0 bridgehead atoms. The Morgan fingerprint density at radius 2 is 2.00 bits per heavy atom. The Bertz CT molecular complexity index is 261. The fraction of sp³-hybridized carbons (Fsp3) is 0.333. The molecule has 0 aliphatic rings. The van der Waals surface area contributed by atoms with E-state index < -0.39 is 0 Å². The second kappa shape index (κ2) is 4.87. The third kappa shape index (κ3) is 2.79. The van der Waals surface area contributed by atoms with Gasteiger partial charge >= 0.3 is 0 Å². The molecule has 0 spiro atoms. The van der Waals surface area contributed by atoms with Gasteiger partial charge in [-0.1, -0.05) is 6.92 Å². The molecule has 1 rings (SSSR count). The molecule has 0 atom stereocenters. The van der Waals surface area contributed by atoms with Crippen LogP contribution in [0, 0.1) is 0 Å². The van der Waals surface area contributed by atoms with E-state index in [1.807, 2.05) is 18.2 Å². The molecule has 12 heavy (non-hydrogen) atoms. The highest BCUT2D eigenvalue weighted by atomic mass is 79.9. The number of ether oxygens (including phenoxy) is 1. The fourth-order valence-electron chi connectivity index (χ4n) is 0.787. The van der Waals surface area contributed by atoms with Crippen LogP contribution in [0.1, 0.15) is 13.3 Å². The van der Waals surface area contributed by atoms with Gasteiger partial charge in [0.1, 0.15) is 5.75 Å². The van der Waals surface area contributed by atoms with Crippen LogP contribution in [0.5, 0.6) is 5.75 Å². The summed E-state index contributed by atoms with van der Waals surface area (Å²) in [6.45, 7) is 2.86. The first-order valence-corrected chi connectivity index (χ1v) is 5.40. The average Bonchev–Trinajstić information content (AvgIpc) is 2.07. The van der Waals surface area contributed by atoms with Crippen LogP contribution in [0.2, 0.25) is 0 Å². The minimum absolute atomic E-state index is 0.772. The number of hydrogen-bond donors (Lipinski definition) is 0. The van der Waals surface area contributed by atoms with Crippen LogP contribution in [-0.2, 0) is 0 Å². The monoisotopic (exact) mass is 292 g/mol. The molecule has 0 aliphatic carbocycles. The smallest absolute Gasteiger partial charge is 0.120 e. The van der Waals surface area contributed by atoms with Crippen molar-refractivity contribution in [3.05, 3.63) is 27.1 Å². The molecule has 1 aromatic rings. The zero-order valence-electron chi connectivity index (χ0n) is 6.81. The Balaban J connectivity index is 2.69. The van der Waals surface area contributed by atoms with E-state index >= 15 is 0 Å². The lowest BCUT2D eigenvalue weighted by Gasteiger charge is -2.04. The molecule has 0 aliphatic heterocycles. The summed E-state index contributed by atoms with van der Waals surface area (Å²) in [5, 5.41) is 0. The SMILES string of the molecule is CCCOc1ccc(Br)c(Br)c1. The molecule has 0 N–H and O–H groups in total. The van der Waals surface area contributed by atoms with Gasteiger partial charge in [-0.3, -0.25) is 0 Å². The van der Waals surface area contributed by atoms with E-state index in [0.29, 0.717) is 0 Å². The van der Waals surface area contributed by atoms with Gasteiger partial charge in [-0.05, 0) is 56.5 Å². The molecule has 0 amide bonds. The number of halogens is 2. The highest BCUT2D eigenvalue weighted by Crippen LogP contribution is 2.27. The fourth-order valence-corrected chi connectivity index (χ4v) is 1.39. The quantitative estimate of drug-likeness (QED) is 0.818. The minimum atomic E-state index is 0.772. The predicted octanol–water partition coefficient (Wildman–Crippen LogP) is 4.00. The Kier molecular flexibility index (Phi) is 4.09. The summed E-state index contributed by atoms with van der Waals surface area (Å²) >= 11 is 6.81. The molecule has 0 aromatic heterocycles. The summed E-state index contributed by atoms with van der Waals surface area (Å²) < 4.78 is 7.51. The van der Waals surface area contributed by atoms with E-state index in [0.717, 1.165) is 27.7 Å². The van der Waals surface area contributed by atoms with Crippen LogP contribution >= 0.6 is 31.9 Å². The summed E-state index contributed by atoms with van der Waals surface area (Å²) in [6.07, 6.45) is 1.04. The van der Waals surface area contributed by atoms with Crippen molar-refractivity contribution in [2.24, 2.45) is 0 Å². The van der Waals surface area contributed by atoms with Gasteiger partial charge in [0, 0.05) is 8.95 Å². The molecular weight excluding hydrogens is 284 g/mol. The van der Waals surface area contributed by atoms with Crippen LogP contribution in [0.25, 0.3) is 0 Å². The molecule has 66 valence electrons. The van der Waals surface area contributed by atoms with E-state index in [9.17, 15) is 0 Å². The summed E-state index contributed by atoms with van der Waals surface area (Å²) in [6, 6.07) is 5.87. The first kappa shape index (κ1) is 10.1. The predicted molar refractivity (Wildman–Crippen MR) is 57.6 cm³/mol. The number of rotatable bonds is 3. The largest absolute Gasteiger partial charge is 0.494 e. The topological polar surface area (TPSA) is 9.23 Å². The maximum atomic E-state index is 5.44. The normalized spacial score (nSPS) is 9.92. The molecule has 0 unspecified atom stereocenters. The van der Waals surface area contributed by atoms with Crippen LogP contribution < -0.4 is 4.74 Å². The van der Waals surface area contributed by atoms with Crippen molar-refractivity contribution in [3.63, 3.8) is 0 Å². The Hall–Kier alpha value is -0.0200. The molecule has 3 heteroatoms. The van der Waals surface area contributed by atoms with Gasteiger partial charge in [0.2, 0.25) is 0 Å². The average molecular weight is 294 g/mol. The standard InChI is InChI=1S/C9H10Br2O/c1-2-5-12-7-3-4-8(10)9(11)6-7/h3-4,6H,2,5H2,1H3. The third-order valence-electron chi connectivity index (χ3n) is 1.36. The first-order chi connectivity index (χ1) is 5.74. The van der Waals surface area contributed by atoms with Crippen LogP contribution in [0.15, 0.2) is 27.1 Å². The number of benzene rings is 1. The highest BCUT2D eigenvalue weighted by molar-refractivity contribution is 9.13. The van der Waals surface area contributed by atoms with Gasteiger partial charge in [0.05, 0.1) is 6.61 Å². The second-order valence-electron chi connectivity index (χ2n) is 2.42. The van der Waals surface area contributed by atoms with E-state index in [1.165, 1.54) is 0 Å². The molecule has 0 heterocycles. The zero-order chi connectivity index (χ0) is 8.97. The van der Waals surface area contributed by atoms with Crippen molar-refractivity contribution in [3.8, 4) is 5.75 Å². The van der Waals surface area contributed by atoms with Crippen molar-refractivity contribution in [1.29, 1.82) is 0 Å². The van der Waals surface area contributed by atoms with Crippen LogP contribution in [-0.4, -0.2) is 6.61 Å². The van der Waals surface area contributed by atoms with Crippen molar-refractivity contribution in [2.45, 2.75) is 13.3 Å². The summed E-state index contributed by atoms with van der Waals surface area (Å²) in [5.74, 6) is 0.909. The lowest BCUT2D eigenvalue weighted by atomic mass is 10.3. The number of hydrogen-bond acceptors (Lipinski definition) is 1. The van der Waals surface area contributed by atoms with Crippen molar-refractivity contribution in [1.82, 2.24) is 0 Å². The molecule has 1 nitrogen and oxygen atoms in total. The molecule has 1 aromatic carbocycles. The van der Waals surface area contributed by atoms with Gasteiger partial charge in [-0.25, -0.2) is 0 Å². The third-order valence-corrected chi connectivity index (χ3v) is 3.24. The summed E-state index contributed by atoms with van der Waals surface area (Å²) in [4.78, 5) is 0. The minimum Gasteiger partial charge on any atom is -0.494 e. The van der Waals surface area contributed by atoms with Gasteiger partial charge in [0.25, 0.3) is 0 Å². The van der Waals surface area contributed by atoms with E-state index in [2.05, 4.69) is 38.8 Å². The van der Waals surface area contributed by atoms with Gasteiger partial charge in [-0.15, -0.1) is 0 Å². The van der Waals surface area contributed by atoms with Crippen molar-refractivity contribution >= 4 is 31.9 Å². The zero-order valence-corrected chi connectivity index (χ0v) is 9.98. The van der Waals surface area contributed by atoms with Crippen LogP contribution in [0.4, 0.5) is 0 Å². The van der Waals surface area contributed by atoms with E-state index in [-0.39, 0.29) is 0 Å². The Morgan fingerprint density at radius 1 is 1.25 bits per heavy atom. The lowest BCUT2D eigenvalue weighted by Crippen LogP contribution is -1.94. The summed E-state index contributed by atoms with van der Waals surface area (Å²) in [7, 11) is 0. The Labute approximate surface area is 89.4 Å². The molecule has 0 saturated carbocycles.